The smallest absolute Gasteiger partial charge is 0.249 e. The molecule has 2 heterocycles. The molecule has 0 bridgehead atoms. The van der Waals surface area contributed by atoms with Crippen LogP contribution in [0.2, 0.25) is 0 Å². The zero-order valence-corrected chi connectivity index (χ0v) is 13.6. The third-order valence-corrected chi connectivity index (χ3v) is 5.58. The van der Waals surface area contributed by atoms with Crippen LogP contribution in [0.1, 0.15) is 35.8 Å². The van der Waals surface area contributed by atoms with Gasteiger partial charge in [0.2, 0.25) is 15.0 Å². The largest absolute Gasteiger partial charge is 0.307 e. The first-order valence-electron chi connectivity index (χ1n) is 7.38. The van der Waals surface area contributed by atoms with Gasteiger partial charge < -0.3 is 9.88 Å². The number of rotatable bonds is 4. The predicted octanol–water partition coefficient (Wildman–Crippen LogP) is 1.52. The first kappa shape index (κ1) is 15.2. The lowest BCUT2D eigenvalue weighted by Gasteiger charge is -2.10. The van der Waals surface area contributed by atoms with Gasteiger partial charge in [-0.1, -0.05) is 29.8 Å². The number of hydrogen-bond donors (Lipinski definition) is 1. The molecule has 0 spiro atoms. The van der Waals surface area contributed by atoms with Crippen LogP contribution in [0.5, 0.6) is 0 Å². The number of nitrogens with zero attached hydrogens (tertiary/aromatic N) is 3. The van der Waals surface area contributed by atoms with Crippen LogP contribution in [0.4, 0.5) is 0 Å². The fraction of sp³-hybridized carbons (Fsp3) is 0.467. The third-order valence-electron chi connectivity index (χ3n) is 3.96. The molecule has 1 aromatic heterocycles. The van der Waals surface area contributed by atoms with Crippen LogP contribution in [0, 0.1) is 6.92 Å². The molecule has 1 N–H and O–H groups in total. The Balaban J connectivity index is 1.89. The second-order valence-electron chi connectivity index (χ2n) is 5.80. The molecule has 0 saturated carbocycles. The standard InChI is InChI=1S/C15H20N4O2S/c1-11-5-3-6-12(9-11)10-22(20,21)15-18-17-14(19(15)2)13-7-4-8-16-13/h3,5-6,9,13,16H,4,7-8,10H2,1-2H3. The quantitative estimate of drug-likeness (QED) is 0.924. The Bertz CT molecular complexity index is 777. The highest BCUT2D eigenvalue weighted by Crippen LogP contribution is 2.23. The van der Waals surface area contributed by atoms with Gasteiger partial charge in [0, 0.05) is 7.05 Å². The summed E-state index contributed by atoms with van der Waals surface area (Å²) in [5, 5.41) is 11.4. The topological polar surface area (TPSA) is 76.9 Å². The Morgan fingerprint density at radius 1 is 1.36 bits per heavy atom. The van der Waals surface area contributed by atoms with E-state index in [1.54, 1.807) is 11.6 Å². The van der Waals surface area contributed by atoms with Gasteiger partial charge in [0.05, 0.1) is 11.8 Å². The van der Waals surface area contributed by atoms with Crippen molar-refractivity contribution in [2.75, 3.05) is 6.54 Å². The molecule has 1 aliphatic heterocycles. The summed E-state index contributed by atoms with van der Waals surface area (Å²) < 4.78 is 26.8. The van der Waals surface area contributed by atoms with Gasteiger partial charge in [-0.25, -0.2) is 8.42 Å². The predicted molar refractivity (Wildman–Crippen MR) is 83.0 cm³/mol. The van der Waals surface area contributed by atoms with Crippen molar-refractivity contribution in [3.63, 3.8) is 0 Å². The van der Waals surface area contributed by atoms with Gasteiger partial charge in [-0.05, 0) is 31.9 Å². The highest BCUT2D eigenvalue weighted by molar-refractivity contribution is 7.90. The average molecular weight is 320 g/mol. The second kappa shape index (κ2) is 5.81. The maximum atomic E-state index is 12.6. The molecule has 1 aromatic carbocycles. The molecule has 0 amide bonds. The molecule has 1 aliphatic rings. The lowest BCUT2D eigenvalue weighted by atomic mass is 10.2. The molecule has 1 saturated heterocycles. The van der Waals surface area contributed by atoms with E-state index in [-0.39, 0.29) is 17.0 Å². The molecular formula is C15H20N4O2S. The van der Waals surface area contributed by atoms with E-state index in [1.165, 1.54) is 0 Å². The molecule has 1 fully saturated rings. The maximum Gasteiger partial charge on any atom is 0.249 e. The summed E-state index contributed by atoms with van der Waals surface area (Å²) >= 11 is 0. The summed E-state index contributed by atoms with van der Waals surface area (Å²) in [5.41, 5.74) is 1.81. The van der Waals surface area contributed by atoms with Gasteiger partial charge in [-0.3, -0.25) is 0 Å². The van der Waals surface area contributed by atoms with Crippen molar-refractivity contribution >= 4 is 9.84 Å². The van der Waals surface area contributed by atoms with Crippen LogP contribution >= 0.6 is 0 Å². The summed E-state index contributed by atoms with van der Waals surface area (Å²) in [6.45, 7) is 2.88. The Morgan fingerprint density at radius 3 is 2.86 bits per heavy atom. The molecule has 7 heteroatoms. The number of nitrogens with one attached hydrogen (secondary N) is 1. The first-order chi connectivity index (χ1) is 10.5. The fourth-order valence-electron chi connectivity index (χ4n) is 2.89. The van der Waals surface area contributed by atoms with Gasteiger partial charge in [-0.15, -0.1) is 10.2 Å². The SMILES string of the molecule is Cc1cccc(CS(=O)(=O)c2nnc(C3CCCN3)n2C)c1. The molecule has 22 heavy (non-hydrogen) atoms. The summed E-state index contributed by atoms with van der Waals surface area (Å²) in [6, 6.07) is 7.61. The van der Waals surface area contributed by atoms with Gasteiger partial charge in [-0.2, -0.15) is 0 Å². The Labute approximate surface area is 130 Å². The highest BCUT2D eigenvalue weighted by Gasteiger charge is 2.28. The van der Waals surface area contributed by atoms with Crippen LogP contribution in [0.3, 0.4) is 0 Å². The minimum Gasteiger partial charge on any atom is -0.307 e. The van der Waals surface area contributed by atoms with E-state index < -0.39 is 9.84 Å². The molecule has 1 atom stereocenters. The monoisotopic (exact) mass is 320 g/mol. The molecular weight excluding hydrogens is 300 g/mol. The van der Waals surface area contributed by atoms with Gasteiger partial charge >= 0.3 is 0 Å². The minimum atomic E-state index is -3.51. The molecule has 0 aliphatic carbocycles. The van der Waals surface area contributed by atoms with Crippen LogP contribution in [0.25, 0.3) is 0 Å². The first-order valence-corrected chi connectivity index (χ1v) is 9.03. The van der Waals surface area contributed by atoms with Gasteiger partial charge in [0.15, 0.2) is 5.82 Å². The molecule has 0 radical (unpaired) electrons. The maximum absolute atomic E-state index is 12.6. The van der Waals surface area contributed by atoms with E-state index in [0.29, 0.717) is 5.82 Å². The Morgan fingerprint density at radius 2 is 2.18 bits per heavy atom. The number of sulfone groups is 1. The normalized spacial score (nSPS) is 18.7. The fourth-order valence-corrected chi connectivity index (χ4v) is 4.31. The van der Waals surface area contributed by atoms with Crippen LogP contribution in [-0.2, 0) is 22.6 Å². The number of hydrogen-bond acceptors (Lipinski definition) is 5. The molecule has 6 nitrogen and oxygen atoms in total. The Hall–Kier alpha value is -1.73. The summed E-state index contributed by atoms with van der Waals surface area (Å²) in [7, 11) is -1.79. The minimum absolute atomic E-state index is 0.0395. The van der Waals surface area contributed by atoms with E-state index >= 15 is 0 Å². The molecule has 118 valence electrons. The highest BCUT2D eigenvalue weighted by atomic mass is 32.2. The Kier molecular flexibility index (Phi) is 4.01. The second-order valence-corrected chi connectivity index (χ2v) is 7.68. The zero-order chi connectivity index (χ0) is 15.7. The lowest BCUT2D eigenvalue weighted by Crippen LogP contribution is -2.18. The van der Waals surface area contributed by atoms with Crippen molar-refractivity contribution in [2.24, 2.45) is 7.05 Å². The van der Waals surface area contributed by atoms with Crippen molar-refractivity contribution in [3.8, 4) is 0 Å². The van der Waals surface area contributed by atoms with E-state index in [1.807, 2.05) is 31.2 Å². The number of benzene rings is 1. The summed E-state index contributed by atoms with van der Waals surface area (Å²) in [5.74, 6) is 0.638. The van der Waals surface area contributed by atoms with Crippen LogP contribution < -0.4 is 5.32 Å². The zero-order valence-electron chi connectivity index (χ0n) is 12.8. The van der Waals surface area contributed by atoms with E-state index in [4.69, 9.17) is 0 Å². The van der Waals surface area contributed by atoms with E-state index in [0.717, 1.165) is 30.5 Å². The van der Waals surface area contributed by atoms with Gasteiger partial charge in [0.25, 0.3) is 0 Å². The molecule has 1 unspecified atom stereocenters. The summed E-state index contributed by atoms with van der Waals surface area (Å²) in [4.78, 5) is 0. The van der Waals surface area contributed by atoms with Gasteiger partial charge in [0.1, 0.15) is 0 Å². The molecule has 2 aromatic rings. The van der Waals surface area contributed by atoms with E-state index in [2.05, 4.69) is 15.5 Å². The van der Waals surface area contributed by atoms with E-state index in [9.17, 15) is 8.42 Å². The van der Waals surface area contributed by atoms with Crippen molar-refractivity contribution in [1.29, 1.82) is 0 Å². The number of aromatic nitrogens is 3. The van der Waals surface area contributed by atoms with Crippen LogP contribution in [0.15, 0.2) is 29.4 Å². The van der Waals surface area contributed by atoms with Crippen molar-refractivity contribution in [2.45, 2.75) is 36.7 Å². The summed E-state index contributed by atoms with van der Waals surface area (Å²) in [6.07, 6.45) is 2.03. The average Bonchev–Trinajstić information content (AvgIpc) is 3.07. The number of aryl methyl sites for hydroxylation is 1. The lowest BCUT2D eigenvalue weighted by molar-refractivity contribution is 0.552. The molecule has 3 rings (SSSR count). The van der Waals surface area contributed by atoms with Crippen molar-refractivity contribution in [3.05, 3.63) is 41.2 Å². The van der Waals surface area contributed by atoms with Crippen molar-refractivity contribution < 1.29 is 8.42 Å². The van der Waals surface area contributed by atoms with Crippen molar-refractivity contribution in [1.82, 2.24) is 20.1 Å². The van der Waals surface area contributed by atoms with Crippen LogP contribution in [-0.4, -0.2) is 29.7 Å². The third kappa shape index (κ3) is 2.91.